The highest BCUT2D eigenvalue weighted by atomic mass is 19.4. The molecule has 7 nitrogen and oxygen atoms in total. The van der Waals surface area contributed by atoms with E-state index in [-0.39, 0.29) is 42.1 Å². The smallest absolute Gasteiger partial charge is 0.379 e. The Morgan fingerprint density at radius 3 is 2.75 bits per heavy atom. The molecule has 1 aromatic rings. The summed E-state index contributed by atoms with van der Waals surface area (Å²) in [5.74, 6) is 0.566. The Labute approximate surface area is 210 Å². The van der Waals surface area contributed by atoms with Crippen LogP contribution in [0.1, 0.15) is 38.8 Å². The topological polar surface area (TPSA) is 66.9 Å². The van der Waals surface area contributed by atoms with Gasteiger partial charge in [-0.05, 0) is 37.3 Å². The van der Waals surface area contributed by atoms with Crippen molar-refractivity contribution in [2.75, 3.05) is 38.3 Å². The number of amides is 1. The summed E-state index contributed by atoms with van der Waals surface area (Å²) in [6.45, 7) is 6.44. The Morgan fingerprint density at radius 1 is 1.28 bits per heavy atom. The highest BCUT2D eigenvalue weighted by Gasteiger charge is 2.53. The SMILES string of the molecule is CO[C@@H]1COCC[C@@H]1N[C@@H]1C=C[C@@](C(=O)N2C[C@@H]3C[C@H]2CN3c2cccc(C(F)(F)F)n2)(C(C)C)C1. The number of halogens is 3. The van der Waals surface area contributed by atoms with Crippen LogP contribution in [0, 0.1) is 11.3 Å². The van der Waals surface area contributed by atoms with E-state index < -0.39 is 17.3 Å². The van der Waals surface area contributed by atoms with Crippen molar-refractivity contribution in [3.63, 3.8) is 0 Å². The number of aromatic nitrogens is 1. The number of hydrogen-bond acceptors (Lipinski definition) is 6. The molecule has 1 aromatic heterocycles. The van der Waals surface area contributed by atoms with E-state index in [1.165, 1.54) is 6.07 Å². The number of anilines is 1. The zero-order valence-electron chi connectivity index (χ0n) is 21.0. The predicted octanol–water partition coefficient (Wildman–Crippen LogP) is 3.25. The molecule has 4 aliphatic rings. The Hall–Kier alpha value is -2.17. The lowest BCUT2D eigenvalue weighted by atomic mass is 9.74. The second-order valence-corrected chi connectivity index (χ2v) is 10.8. The van der Waals surface area contributed by atoms with Crippen molar-refractivity contribution in [3.05, 3.63) is 36.0 Å². The van der Waals surface area contributed by atoms with Crippen molar-refractivity contribution < 1.29 is 27.4 Å². The molecule has 0 radical (unpaired) electrons. The molecule has 0 spiro atoms. The number of nitrogens with one attached hydrogen (secondary N) is 1. The van der Waals surface area contributed by atoms with Gasteiger partial charge in [-0.1, -0.05) is 32.1 Å². The zero-order chi connectivity index (χ0) is 25.7. The maximum absolute atomic E-state index is 14.0. The van der Waals surface area contributed by atoms with E-state index in [4.69, 9.17) is 9.47 Å². The molecule has 0 saturated carbocycles. The molecule has 1 N–H and O–H groups in total. The molecule has 3 aliphatic heterocycles. The van der Waals surface area contributed by atoms with Gasteiger partial charge in [0.05, 0.1) is 30.2 Å². The average molecular weight is 509 g/mol. The third-order valence-electron chi connectivity index (χ3n) is 8.47. The minimum atomic E-state index is -4.48. The number of fused-ring (bicyclic) bond motifs is 2. The van der Waals surface area contributed by atoms with Gasteiger partial charge in [0.25, 0.3) is 0 Å². The van der Waals surface area contributed by atoms with Crippen molar-refractivity contribution in [1.29, 1.82) is 0 Å². The summed E-state index contributed by atoms with van der Waals surface area (Å²) in [5, 5.41) is 3.68. The number of alkyl halides is 3. The van der Waals surface area contributed by atoms with Gasteiger partial charge in [-0.3, -0.25) is 4.79 Å². The van der Waals surface area contributed by atoms with Crippen LogP contribution in [0.15, 0.2) is 30.4 Å². The molecular weight excluding hydrogens is 473 g/mol. The van der Waals surface area contributed by atoms with Gasteiger partial charge in [-0.2, -0.15) is 13.2 Å². The molecule has 6 atom stereocenters. The standard InChI is InChI=1S/C26H35F3N4O3/c1-16(2)25(9-7-17(12-25)30-20-8-10-36-15-21(20)35-3)24(34)33-14-18-11-19(33)13-32(18)23-6-4-5-22(31-23)26(27,28)29/h4-7,9,16-21,30H,8,10-15H2,1-3H3/t17-,18+,19+,20+,21-,25+/m1/s1. The minimum Gasteiger partial charge on any atom is -0.379 e. The molecule has 0 unspecified atom stereocenters. The van der Waals surface area contributed by atoms with Crippen LogP contribution in [0.25, 0.3) is 0 Å². The van der Waals surface area contributed by atoms with Crippen molar-refractivity contribution in [2.24, 2.45) is 11.3 Å². The summed E-state index contributed by atoms with van der Waals surface area (Å²) in [7, 11) is 1.70. The number of likely N-dealkylation sites (tertiary alicyclic amines) is 1. The van der Waals surface area contributed by atoms with Crippen molar-refractivity contribution in [1.82, 2.24) is 15.2 Å². The predicted molar refractivity (Wildman–Crippen MR) is 128 cm³/mol. The first kappa shape index (κ1) is 25.5. The average Bonchev–Trinajstić information content (AvgIpc) is 3.58. The number of pyridine rings is 1. The number of carbonyl (C=O) groups is 1. The number of rotatable bonds is 6. The molecule has 1 aliphatic carbocycles. The van der Waals surface area contributed by atoms with Crippen molar-refractivity contribution in [3.8, 4) is 0 Å². The third kappa shape index (κ3) is 4.52. The summed E-state index contributed by atoms with van der Waals surface area (Å²) in [4.78, 5) is 21.8. The van der Waals surface area contributed by atoms with Crippen molar-refractivity contribution in [2.45, 2.75) is 69.6 Å². The Morgan fingerprint density at radius 2 is 2.08 bits per heavy atom. The molecule has 10 heteroatoms. The third-order valence-corrected chi connectivity index (χ3v) is 8.47. The maximum atomic E-state index is 14.0. The normalized spacial score (nSPS) is 34.2. The van der Waals surface area contributed by atoms with Crippen LogP contribution < -0.4 is 10.2 Å². The summed E-state index contributed by atoms with van der Waals surface area (Å²) in [6.07, 6.45) is 2.01. The first-order chi connectivity index (χ1) is 17.1. The Balaban J connectivity index is 1.26. The monoisotopic (exact) mass is 508 g/mol. The number of carbonyl (C=O) groups excluding carboxylic acids is 1. The minimum absolute atomic E-state index is 0.0124. The van der Waals surface area contributed by atoms with E-state index in [9.17, 15) is 18.0 Å². The molecule has 0 aromatic carbocycles. The van der Waals surface area contributed by atoms with Gasteiger partial charge in [0.1, 0.15) is 11.5 Å². The summed E-state index contributed by atoms with van der Waals surface area (Å²) < 4.78 is 50.6. The molecule has 2 bridgehead atoms. The van der Waals surface area contributed by atoms with Crippen LogP contribution in [-0.4, -0.2) is 79.5 Å². The van der Waals surface area contributed by atoms with Crippen LogP contribution in [0.2, 0.25) is 0 Å². The first-order valence-electron chi connectivity index (χ1n) is 12.8. The highest BCUT2D eigenvalue weighted by molar-refractivity contribution is 5.87. The van der Waals surface area contributed by atoms with Gasteiger partial charge >= 0.3 is 6.18 Å². The van der Waals surface area contributed by atoms with E-state index in [1.807, 2.05) is 9.80 Å². The first-order valence-corrected chi connectivity index (χ1v) is 12.8. The second-order valence-electron chi connectivity index (χ2n) is 10.8. The number of ether oxygens (including phenoxy) is 2. The van der Waals surface area contributed by atoms with Gasteiger partial charge in [-0.15, -0.1) is 0 Å². The lowest BCUT2D eigenvalue weighted by molar-refractivity contribution is -0.143. The number of piperazine rings is 1. The lowest BCUT2D eigenvalue weighted by Crippen LogP contribution is -2.55. The lowest BCUT2D eigenvalue weighted by Gasteiger charge is -2.41. The van der Waals surface area contributed by atoms with Crippen LogP contribution in [-0.2, 0) is 20.4 Å². The Kier molecular flexibility index (Phi) is 6.80. The summed E-state index contributed by atoms with van der Waals surface area (Å²) >= 11 is 0. The van der Waals surface area contributed by atoms with Gasteiger partial charge < -0.3 is 24.6 Å². The Bertz CT molecular complexity index is 1000. The molecule has 1 amide bonds. The van der Waals surface area contributed by atoms with E-state index in [0.29, 0.717) is 38.5 Å². The van der Waals surface area contributed by atoms with Gasteiger partial charge in [0.2, 0.25) is 5.91 Å². The van der Waals surface area contributed by atoms with E-state index >= 15 is 0 Å². The van der Waals surface area contributed by atoms with E-state index in [2.05, 4.69) is 36.3 Å². The molecule has 3 saturated heterocycles. The van der Waals surface area contributed by atoms with Crippen LogP contribution in [0.5, 0.6) is 0 Å². The number of methoxy groups -OCH3 is 1. The largest absolute Gasteiger partial charge is 0.433 e. The molecule has 36 heavy (non-hydrogen) atoms. The molecule has 5 rings (SSSR count). The fourth-order valence-corrected chi connectivity index (χ4v) is 6.35. The van der Waals surface area contributed by atoms with Gasteiger partial charge in [0.15, 0.2) is 0 Å². The molecular formula is C26H35F3N4O3. The summed E-state index contributed by atoms with van der Waals surface area (Å²) in [5.41, 5.74) is -1.49. The van der Waals surface area contributed by atoms with Crippen LogP contribution in [0.3, 0.4) is 0 Å². The zero-order valence-corrected chi connectivity index (χ0v) is 21.0. The summed E-state index contributed by atoms with van der Waals surface area (Å²) in [6, 6.07) is 4.21. The van der Waals surface area contributed by atoms with Crippen LogP contribution >= 0.6 is 0 Å². The van der Waals surface area contributed by atoms with Crippen molar-refractivity contribution >= 4 is 11.7 Å². The van der Waals surface area contributed by atoms with Gasteiger partial charge in [-0.25, -0.2) is 4.98 Å². The maximum Gasteiger partial charge on any atom is 0.433 e. The number of hydrogen-bond donors (Lipinski definition) is 1. The number of nitrogens with zero attached hydrogens (tertiary/aromatic N) is 3. The van der Waals surface area contributed by atoms with Gasteiger partial charge in [0, 0.05) is 38.9 Å². The fraction of sp³-hybridized carbons (Fsp3) is 0.692. The molecule has 4 heterocycles. The van der Waals surface area contributed by atoms with Crippen LogP contribution in [0.4, 0.5) is 19.0 Å². The fourth-order valence-electron chi connectivity index (χ4n) is 6.35. The molecule has 198 valence electrons. The highest BCUT2D eigenvalue weighted by Crippen LogP contribution is 2.45. The van der Waals surface area contributed by atoms with E-state index in [1.54, 1.807) is 13.2 Å². The second kappa shape index (κ2) is 9.61. The molecule has 3 fully saturated rings. The quantitative estimate of drug-likeness (QED) is 0.596. The van der Waals surface area contributed by atoms with E-state index in [0.717, 1.165) is 18.9 Å².